The normalized spacial score (nSPS) is 18.4. The standard InChI is InChI=1S/C21H26N6OS/c1-25(19-3-8-23-21(24-19)27-11-13-28-14-12-27)16-4-9-26(10-5-16)20-17-6-15-29-18(17)2-7-22-20/h2-3,6-8,15-16H,4-5,9-14H2,1H3. The molecule has 0 spiro atoms. The summed E-state index contributed by atoms with van der Waals surface area (Å²) < 4.78 is 6.76. The van der Waals surface area contributed by atoms with Gasteiger partial charge in [0.05, 0.1) is 13.2 Å². The number of piperidine rings is 1. The lowest BCUT2D eigenvalue weighted by Gasteiger charge is -2.38. The van der Waals surface area contributed by atoms with Gasteiger partial charge in [0.25, 0.3) is 0 Å². The molecule has 0 unspecified atom stereocenters. The van der Waals surface area contributed by atoms with Gasteiger partial charge in [0.1, 0.15) is 11.6 Å². The number of pyridine rings is 1. The van der Waals surface area contributed by atoms with Crippen molar-refractivity contribution in [2.24, 2.45) is 0 Å². The van der Waals surface area contributed by atoms with Gasteiger partial charge in [0.2, 0.25) is 5.95 Å². The Kier molecular flexibility index (Phi) is 5.20. The van der Waals surface area contributed by atoms with Crippen LogP contribution in [0.15, 0.2) is 36.0 Å². The first-order chi connectivity index (χ1) is 14.3. The largest absolute Gasteiger partial charge is 0.378 e. The molecule has 3 aromatic rings. The molecule has 2 aliphatic rings. The summed E-state index contributed by atoms with van der Waals surface area (Å²) >= 11 is 1.78. The highest BCUT2D eigenvalue weighted by molar-refractivity contribution is 7.17. The third kappa shape index (κ3) is 3.74. The Labute approximate surface area is 175 Å². The van der Waals surface area contributed by atoms with Crippen molar-refractivity contribution in [2.75, 3.05) is 61.1 Å². The quantitative estimate of drug-likeness (QED) is 0.655. The lowest BCUT2D eigenvalue weighted by Crippen LogP contribution is -2.44. The van der Waals surface area contributed by atoms with Crippen molar-refractivity contribution in [1.82, 2.24) is 15.0 Å². The molecule has 0 saturated carbocycles. The molecule has 5 heterocycles. The summed E-state index contributed by atoms with van der Waals surface area (Å²) in [6.45, 7) is 5.22. The molecular weight excluding hydrogens is 384 g/mol. The van der Waals surface area contributed by atoms with Gasteiger partial charge in [0.15, 0.2) is 0 Å². The fourth-order valence-electron chi connectivity index (χ4n) is 4.24. The number of anilines is 3. The zero-order valence-corrected chi connectivity index (χ0v) is 17.5. The van der Waals surface area contributed by atoms with E-state index in [1.807, 2.05) is 18.5 Å². The Morgan fingerprint density at radius 2 is 1.79 bits per heavy atom. The van der Waals surface area contributed by atoms with Gasteiger partial charge >= 0.3 is 0 Å². The van der Waals surface area contributed by atoms with Crippen LogP contribution in [0.1, 0.15) is 12.8 Å². The summed E-state index contributed by atoms with van der Waals surface area (Å²) in [7, 11) is 2.16. The minimum Gasteiger partial charge on any atom is -0.378 e. The third-order valence-corrected chi connectivity index (χ3v) is 6.84. The summed E-state index contributed by atoms with van der Waals surface area (Å²) in [4.78, 5) is 21.0. The molecule has 8 heteroatoms. The second-order valence-corrected chi connectivity index (χ2v) is 8.56. The molecule has 0 aliphatic carbocycles. The Morgan fingerprint density at radius 3 is 2.62 bits per heavy atom. The van der Waals surface area contributed by atoms with E-state index in [-0.39, 0.29) is 0 Å². The fraction of sp³-hybridized carbons (Fsp3) is 0.476. The van der Waals surface area contributed by atoms with Gasteiger partial charge in [-0.25, -0.2) is 9.97 Å². The maximum absolute atomic E-state index is 5.45. The van der Waals surface area contributed by atoms with Crippen LogP contribution in [0, 0.1) is 0 Å². The van der Waals surface area contributed by atoms with Crippen molar-refractivity contribution in [3.8, 4) is 0 Å². The predicted molar refractivity (Wildman–Crippen MR) is 118 cm³/mol. The maximum atomic E-state index is 5.45. The van der Waals surface area contributed by atoms with Gasteiger partial charge in [-0.1, -0.05) is 0 Å². The van der Waals surface area contributed by atoms with E-state index >= 15 is 0 Å². The molecule has 5 rings (SSSR count). The predicted octanol–water partition coefficient (Wildman–Crippen LogP) is 3.03. The molecule has 2 fully saturated rings. The van der Waals surface area contributed by atoms with Crippen molar-refractivity contribution < 1.29 is 4.74 Å². The zero-order chi connectivity index (χ0) is 19.6. The van der Waals surface area contributed by atoms with Crippen LogP contribution in [-0.2, 0) is 4.74 Å². The Bertz CT molecular complexity index is 964. The lowest BCUT2D eigenvalue weighted by atomic mass is 10.0. The molecule has 0 radical (unpaired) electrons. The van der Waals surface area contributed by atoms with E-state index in [0.29, 0.717) is 6.04 Å². The van der Waals surface area contributed by atoms with Gasteiger partial charge in [-0.15, -0.1) is 11.3 Å². The van der Waals surface area contributed by atoms with Gasteiger partial charge in [-0.05, 0) is 36.4 Å². The van der Waals surface area contributed by atoms with Crippen LogP contribution < -0.4 is 14.7 Å². The first kappa shape index (κ1) is 18.6. The monoisotopic (exact) mass is 410 g/mol. The topological polar surface area (TPSA) is 57.6 Å². The van der Waals surface area contributed by atoms with E-state index in [2.05, 4.69) is 49.2 Å². The fourth-order valence-corrected chi connectivity index (χ4v) is 5.01. The number of ether oxygens (including phenoxy) is 1. The minimum absolute atomic E-state index is 0.473. The van der Waals surface area contributed by atoms with Crippen molar-refractivity contribution in [3.05, 3.63) is 36.0 Å². The Morgan fingerprint density at radius 1 is 1.00 bits per heavy atom. The van der Waals surface area contributed by atoms with Crippen molar-refractivity contribution >= 4 is 39.0 Å². The molecule has 152 valence electrons. The minimum atomic E-state index is 0.473. The average Bonchev–Trinajstić information content (AvgIpc) is 3.28. The molecule has 29 heavy (non-hydrogen) atoms. The number of hydrogen-bond acceptors (Lipinski definition) is 8. The van der Waals surface area contributed by atoms with E-state index in [1.54, 1.807) is 11.3 Å². The molecule has 0 atom stereocenters. The number of fused-ring (bicyclic) bond motifs is 1. The molecule has 7 nitrogen and oxygen atoms in total. The number of thiophene rings is 1. The number of morpholine rings is 1. The van der Waals surface area contributed by atoms with E-state index < -0.39 is 0 Å². The van der Waals surface area contributed by atoms with E-state index in [0.717, 1.165) is 69.8 Å². The van der Waals surface area contributed by atoms with Crippen molar-refractivity contribution in [3.63, 3.8) is 0 Å². The summed E-state index contributed by atoms with van der Waals surface area (Å²) in [5, 5.41) is 3.42. The highest BCUT2D eigenvalue weighted by atomic mass is 32.1. The van der Waals surface area contributed by atoms with Crippen LogP contribution in [0.25, 0.3) is 10.1 Å². The van der Waals surface area contributed by atoms with Gasteiger partial charge < -0.3 is 19.4 Å². The molecular formula is C21H26N6OS. The van der Waals surface area contributed by atoms with Gasteiger partial charge in [0, 0.05) is 61.7 Å². The van der Waals surface area contributed by atoms with E-state index in [4.69, 9.17) is 9.72 Å². The summed E-state index contributed by atoms with van der Waals surface area (Å²) in [5.41, 5.74) is 0. The van der Waals surface area contributed by atoms with Crippen LogP contribution in [-0.4, -0.2) is 67.4 Å². The molecule has 3 aromatic heterocycles. The van der Waals surface area contributed by atoms with E-state index in [1.165, 1.54) is 10.1 Å². The summed E-state index contributed by atoms with van der Waals surface area (Å²) in [5.74, 6) is 2.93. The van der Waals surface area contributed by atoms with Crippen LogP contribution in [0.4, 0.5) is 17.6 Å². The molecule has 2 saturated heterocycles. The molecule has 0 N–H and O–H groups in total. The summed E-state index contributed by atoms with van der Waals surface area (Å²) in [6.07, 6.45) is 5.99. The van der Waals surface area contributed by atoms with Gasteiger partial charge in [-0.2, -0.15) is 4.98 Å². The van der Waals surface area contributed by atoms with E-state index in [9.17, 15) is 0 Å². The van der Waals surface area contributed by atoms with Crippen molar-refractivity contribution in [2.45, 2.75) is 18.9 Å². The number of rotatable bonds is 4. The molecule has 0 amide bonds. The SMILES string of the molecule is CN(c1ccnc(N2CCOCC2)n1)C1CCN(c2nccc3sccc23)CC1. The second kappa shape index (κ2) is 8.12. The third-order valence-electron chi connectivity index (χ3n) is 5.95. The van der Waals surface area contributed by atoms with Crippen LogP contribution >= 0.6 is 11.3 Å². The maximum Gasteiger partial charge on any atom is 0.227 e. The highest BCUT2D eigenvalue weighted by Crippen LogP contribution is 2.31. The van der Waals surface area contributed by atoms with Crippen LogP contribution in [0.5, 0.6) is 0 Å². The Balaban J connectivity index is 1.26. The summed E-state index contributed by atoms with van der Waals surface area (Å²) in [6, 6.07) is 6.78. The molecule has 0 aromatic carbocycles. The average molecular weight is 411 g/mol. The lowest BCUT2D eigenvalue weighted by molar-refractivity contribution is 0.122. The first-order valence-electron chi connectivity index (χ1n) is 10.3. The first-order valence-corrected chi connectivity index (χ1v) is 11.1. The van der Waals surface area contributed by atoms with Gasteiger partial charge in [-0.3, -0.25) is 0 Å². The highest BCUT2D eigenvalue weighted by Gasteiger charge is 2.25. The number of aromatic nitrogens is 3. The number of hydrogen-bond donors (Lipinski definition) is 0. The zero-order valence-electron chi connectivity index (χ0n) is 16.7. The molecule has 2 aliphatic heterocycles. The second-order valence-electron chi connectivity index (χ2n) is 7.61. The van der Waals surface area contributed by atoms with Crippen molar-refractivity contribution in [1.29, 1.82) is 0 Å². The van der Waals surface area contributed by atoms with Crippen LogP contribution in [0.3, 0.4) is 0 Å². The number of nitrogens with zero attached hydrogens (tertiary/aromatic N) is 6. The van der Waals surface area contributed by atoms with Crippen LogP contribution in [0.2, 0.25) is 0 Å². The smallest absolute Gasteiger partial charge is 0.227 e. The molecule has 0 bridgehead atoms. The Hall–Kier alpha value is -2.45.